The predicted octanol–water partition coefficient (Wildman–Crippen LogP) is 3.17. The molecule has 1 N–H and O–H groups in total. The van der Waals surface area contributed by atoms with Gasteiger partial charge >= 0.3 is 6.18 Å². The molecule has 5 heteroatoms. The minimum atomic E-state index is -4.21. The number of halogens is 3. The fourth-order valence-electron chi connectivity index (χ4n) is 1.67. The van der Waals surface area contributed by atoms with E-state index in [1.807, 2.05) is 6.92 Å². The van der Waals surface area contributed by atoms with Crippen molar-refractivity contribution in [2.45, 2.75) is 26.1 Å². The molecule has 0 aromatic heterocycles. The third-order valence-corrected chi connectivity index (χ3v) is 2.33. The molecule has 0 amide bonds. The van der Waals surface area contributed by atoms with Gasteiger partial charge in [-0.15, -0.1) is 0 Å². The molecule has 96 valence electrons. The van der Waals surface area contributed by atoms with Crippen molar-refractivity contribution in [3.8, 4) is 5.75 Å². The summed E-state index contributed by atoms with van der Waals surface area (Å²) in [6.07, 6.45) is -3.57. The molecule has 0 spiro atoms. The van der Waals surface area contributed by atoms with Crippen molar-refractivity contribution < 1.29 is 18.3 Å². The summed E-state index contributed by atoms with van der Waals surface area (Å²) in [7, 11) is 0. The van der Waals surface area contributed by atoms with Crippen molar-refractivity contribution in [2.24, 2.45) is 0 Å². The highest BCUT2D eigenvalue weighted by Gasteiger charge is 2.30. The van der Waals surface area contributed by atoms with E-state index in [9.17, 15) is 18.3 Å². The molecule has 1 rings (SSSR count). The van der Waals surface area contributed by atoms with Crippen LogP contribution in [0.4, 0.5) is 13.2 Å². The number of hydrogen-bond acceptors (Lipinski definition) is 2. The van der Waals surface area contributed by atoms with Crippen molar-refractivity contribution >= 4 is 0 Å². The number of para-hydroxylation sites is 1. The van der Waals surface area contributed by atoms with Gasteiger partial charge in [-0.05, 0) is 19.0 Å². The standard InChI is InChI=1S/C12H16F3NO/c1-2-7-16(9-12(13,14)15)8-10-5-3-4-6-11(10)17/h3-6,17H,2,7-9H2,1H3. The third kappa shape index (κ3) is 5.08. The Morgan fingerprint density at radius 2 is 1.88 bits per heavy atom. The zero-order valence-corrected chi connectivity index (χ0v) is 9.67. The molecule has 1 aromatic rings. The Kier molecular flexibility index (Phi) is 4.81. The van der Waals surface area contributed by atoms with E-state index in [-0.39, 0.29) is 12.3 Å². The van der Waals surface area contributed by atoms with Gasteiger partial charge in [0.05, 0.1) is 6.54 Å². The van der Waals surface area contributed by atoms with Crippen LogP contribution in [0.1, 0.15) is 18.9 Å². The number of rotatable bonds is 5. The average molecular weight is 247 g/mol. The first kappa shape index (κ1) is 13.8. The Balaban J connectivity index is 2.70. The van der Waals surface area contributed by atoms with Crippen LogP contribution in [-0.2, 0) is 6.54 Å². The molecular formula is C12H16F3NO. The normalized spacial score (nSPS) is 12.1. The zero-order chi connectivity index (χ0) is 12.9. The highest BCUT2D eigenvalue weighted by atomic mass is 19.4. The Labute approximate surface area is 98.7 Å². The number of phenolic OH excluding ortho intramolecular Hbond substituents is 1. The first-order valence-corrected chi connectivity index (χ1v) is 5.48. The van der Waals surface area contributed by atoms with Crippen LogP contribution < -0.4 is 0 Å². The molecule has 0 unspecified atom stereocenters. The van der Waals surface area contributed by atoms with Crippen LogP contribution in [0.25, 0.3) is 0 Å². The summed E-state index contributed by atoms with van der Waals surface area (Å²) in [6, 6.07) is 6.46. The van der Waals surface area contributed by atoms with Gasteiger partial charge in [0, 0.05) is 12.1 Å². The second-order valence-corrected chi connectivity index (χ2v) is 3.95. The van der Waals surface area contributed by atoms with E-state index >= 15 is 0 Å². The lowest BCUT2D eigenvalue weighted by molar-refractivity contribution is -0.147. The molecule has 17 heavy (non-hydrogen) atoms. The molecule has 0 saturated carbocycles. The van der Waals surface area contributed by atoms with Crippen molar-refractivity contribution in [2.75, 3.05) is 13.1 Å². The van der Waals surface area contributed by atoms with Gasteiger partial charge in [0.15, 0.2) is 0 Å². The van der Waals surface area contributed by atoms with Gasteiger partial charge < -0.3 is 5.11 Å². The number of nitrogens with zero attached hydrogens (tertiary/aromatic N) is 1. The van der Waals surface area contributed by atoms with Gasteiger partial charge in [-0.1, -0.05) is 25.1 Å². The molecule has 2 nitrogen and oxygen atoms in total. The second-order valence-electron chi connectivity index (χ2n) is 3.95. The zero-order valence-electron chi connectivity index (χ0n) is 9.67. The van der Waals surface area contributed by atoms with Gasteiger partial charge in [0.25, 0.3) is 0 Å². The van der Waals surface area contributed by atoms with Crippen LogP contribution in [-0.4, -0.2) is 29.3 Å². The molecule has 0 radical (unpaired) electrons. The van der Waals surface area contributed by atoms with Crippen molar-refractivity contribution in [3.05, 3.63) is 29.8 Å². The highest BCUT2D eigenvalue weighted by molar-refractivity contribution is 5.31. The Hall–Kier alpha value is -1.23. The lowest BCUT2D eigenvalue weighted by Crippen LogP contribution is -2.34. The molecule has 0 fully saturated rings. The number of phenols is 1. The maximum Gasteiger partial charge on any atom is 0.401 e. The quantitative estimate of drug-likeness (QED) is 0.863. The average Bonchev–Trinajstić information content (AvgIpc) is 2.19. The van der Waals surface area contributed by atoms with Crippen LogP contribution in [0, 0.1) is 0 Å². The lowest BCUT2D eigenvalue weighted by atomic mass is 10.2. The van der Waals surface area contributed by atoms with Gasteiger partial charge in [0.2, 0.25) is 0 Å². The number of aromatic hydroxyl groups is 1. The Bertz CT molecular complexity index is 352. The summed E-state index contributed by atoms with van der Waals surface area (Å²) >= 11 is 0. The van der Waals surface area contributed by atoms with Gasteiger partial charge in [-0.2, -0.15) is 13.2 Å². The molecule has 0 aliphatic heterocycles. The Morgan fingerprint density at radius 1 is 1.24 bits per heavy atom. The second kappa shape index (κ2) is 5.91. The topological polar surface area (TPSA) is 23.5 Å². The Morgan fingerprint density at radius 3 is 2.41 bits per heavy atom. The van der Waals surface area contributed by atoms with Gasteiger partial charge in [-0.3, -0.25) is 4.90 Å². The van der Waals surface area contributed by atoms with Crippen LogP contribution in [0.15, 0.2) is 24.3 Å². The monoisotopic (exact) mass is 247 g/mol. The van der Waals surface area contributed by atoms with Crippen molar-refractivity contribution in [3.63, 3.8) is 0 Å². The summed E-state index contributed by atoms with van der Waals surface area (Å²) in [5, 5.41) is 9.52. The number of hydrogen-bond donors (Lipinski definition) is 1. The maximum absolute atomic E-state index is 12.3. The van der Waals surface area contributed by atoms with Gasteiger partial charge in [0.1, 0.15) is 5.75 Å². The highest BCUT2D eigenvalue weighted by Crippen LogP contribution is 2.21. The molecule has 0 saturated heterocycles. The van der Waals surface area contributed by atoms with E-state index in [2.05, 4.69) is 0 Å². The van der Waals surface area contributed by atoms with E-state index in [4.69, 9.17) is 0 Å². The molecule has 0 atom stereocenters. The molecule has 0 aliphatic rings. The van der Waals surface area contributed by atoms with Crippen LogP contribution in [0.2, 0.25) is 0 Å². The van der Waals surface area contributed by atoms with E-state index < -0.39 is 12.7 Å². The summed E-state index contributed by atoms with van der Waals surface area (Å²) in [6.45, 7) is 1.34. The van der Waals surface area contributed by atoms with E-state index in [0.717, 1.165) is 0 Å². The van der Waals surface area contributed by atoms with Crippen molar-refractivity contribution in [1.82, 2.24) is 4.90 Å². The third-order valence-electron chi connectivity index (χ3n) is 2.33. The minimum absolute atomic E-state index is 0.0378. The first-order chi connectivity index (χ1) is 7.92. The predicted molar refractivity (Wildman–Crippen MR) is 59.7 cm³/mol. The molecule has 0 bridgehead atoms. The molecular weight excluding hydrogens is 231 g/mol. The van der Waals surface area contributed by atoms with Gasteiger partial charge in [-0.25, -0.2) is 0 Å². The van der Waals surface area contributed by atoms with Crippen LogP contribution >= 0.6 is 0 Å². The fraction of sp³-hybridized carbons (Fsp3) is 0.500. The van der Waals surface area contributed by atoms with Crippen LogP contribution in [0.3, 0.4) is 0 Å². The first-order valence-electron chi connectivity index (χ1n) is 5.48. The molecule has 0 heterocycles. The van der Waals surface area contributed by atoms with Crippen LogP contribution in [0.5, 0.6) is 5.75 Å². The summed E-state index contributed by atoms with van der Waals surface area (Å²) < 4.78 is 37.0. The minimum Gasteiger partial charge on any atom is -0.508 e. The van der Waals surface area contributed by atoms with E-state index in [1.54, 1.807) is 18.2 Å². The summed E-state index contributed by atoms with van der Waals surface area (Å²) in [5.74, 6) is 0.0378. The summed E-state index contributed by atoms with van der Waals surface area (Å²) in [4.78, 5) is 1.29. The molecule has 0 aliphatic carbocycles. The molecule has 1 aromatic carbocycles. The SMILES string of the molecule is CCCN(Cc1ccccc1O)CC(F)(F)F. The largest absolute Gasteiger partial charge is 0.508 e. The number of benzene rings is 1. The van der Waals surface area contributed by atoms with E-state index in [1.165, 1.54) is 11.0 Å². The maximum atomic E-state index is 12.3. The smallest absolute Gasteiger partial charge is 0.401 e. The lowest BCUT2D eigenvalue weighted by Gasteiger charge is -2.23. The van der Waals surface area contributed by atoms with Crippen molar-refractivity contribution in [1.29, 1.82) is 0 Å². The summed E-state index contributed by atoms with van der Waals surface area (Å²) in [5.41, 5.74) is 0.519. The number of alkyl halides is 3. The van der Waals surface area contributed by atoms with E-state index in [0.29, 0.717) is 18.5 Å². The fourth-order valence-corrected chi connectivity index (χ4v) is 1.67.